The Labute approximate surface area is 219 Å². The second kappa shape index (κ2) is 11.6. The summed E-state index contributed by atoms with van der Waals surface area (Å²) in [5, 5.41) is 0.699. The van der Waals surface area contributed by atoms with Crippen LogP contribution in [0.2, 0.25) is 5.02 Å². The van der Waals surface area contributed by atoms with Gasteiger partial charge in [-0.3, -0.25) is 9.69 Å². The van der Waals surface area contributed by atoms with Gasteiger partial charge in [0.2, 0.25) is 0 Å². The SMILES string of the molecule is COc1ccc(CCN2C(=O)C(=Cc3ccc(OCc4ccc(Cl)cc4)cc3)SC2=S)cc1OC. The molecule has 0 unspecified atom stereocenters. The normalized spacial score (nSPS) is 14.5. The summed E-state index contributed by atoms with van der Waals surface area (Å²) >= 11 is 12.7. The molecule has 0 bridgehead atoms. The molecule has 8 heteroatoms. The number of benzene rings is 3. The Morgan fingerprint density at radius 1 is 0.943 bits per heavy atom. The second-order valence-electron chi connectivity index (χ2n) is 7.76. The van der Waals surface area contributed by atoms with Crippen molar-refractivity contribution < 1.29 is 19.0 Å². The number of thiocarbonyl (C=S) groups is 1. The minimum absolute atomic E-state index is 0.0801. The Bertz CT molecular complexity index is 1240. The summed E-state index contributed by atoms with van der Waals surface area (Å²) in [5.74, 6) is 2.00. The number of carbonyl (C=O) groups excluding carboxylic acids is 1. The molecule has 1 fully saturated rings. The zero-order valence-electron chi connectivity index (χ0n) is 19.3. The van der Waals surface area contributed by atoms with Crippen LogP contribution in [0.4, 0.5) is 0 Å². The number of rotatable bonds is 9. The number of methoxy groups -OCH3 is 2. The molecule has 0 aliphatic carbocycles. The lowest BCUT2D eigenvalue weighted by atomic mass is 10.1. The third kappa shape index (κ3) is 6.36. The van der Waals surface area contributed by atoms with Crippen molar-refractivity contribution in [1.29, 1.82) is 0 Å². The first-order valence-electron chi connectivity index (χ1n) is 10.9. The zero-order valence-corrected chi connectivity index (χ0v) is 21.7. The Hall–Kier alpha value is -3.00. The molecule has 0 radical (unpaired) electrons. The van der Waals surface area contributed by atoms with Crippen LogP contribution in [0.5, 0.6) is 17.2 Å². The van der Waals surface area contributed by atoms with E-state index >= 15 is 0 Å². The Balaban J connectivity index is 1.36. The standard InChI is InChI=1S/C27H24ClNO4S2/c1-31-23-12-7-19(15-24(23)32-2)13-14-29-26(30)25(35-27(29)34)16-18-5-10-22(11-6-18)33-17-20-3-8-21(28)9-4-20/h3-12,15-16H,13-14,17H2,1-2H3. The van der Waals surface area contributed by atoms with Crippen LogP contribution in [0.25, 0.3) is 6.08 Å². The third-order valence-electron chi connectivity index (χ3n) is 5.44. The minimum Gasteiger partial charge on any atom is -0.493 e. The maximum atomic E-state index is 13.0. The van der Waals surface area contributed by atoms with E-state index in [-0.39, 0.29) is 5.91 Å². The average molecular weight is 526 g/mol. The maximum Gasteiger partial charge on any atom is 0.266 e. The molecule has 0 spiro atoms. The smallest absolute Gasteiger partial charge is 0.266 e. The topological polar surface area (TPSA) is 48.0 Å². The van der Waals surface area contributed by atoms with E-state index in [9.17, 15) is 4.79 Å². The van der Waals surface area contributed by atoms with Crippen LogP contribution >= 0.6 is 35.6 Å². The van der Waals surface area contributed by atoms with Crippen LogP contribution in [0, 0.1) is 0 Å². The Kier molecular flexibility index (Phi) is 8.33. The van der Waals surface area contributed by atoms with Crippen LogP contribution < -0.4 is 14.2 Å². The van der Waals surface area contributed by atoms with Gasteiger partial charge in [0.15, 0.2) is 11.5 Å². The molecule has 1 aliphatic heterocycles. The third-order valence-corrected chi connectivity index (χ3v) is 7.07. The van der Waals surface area contributed by atoms with Crippen molar-refractivity contribution in [2.75, 3.05) is 20.8 Å². The first-order valence-corrected chi connectivity index (χ1v) is 12.5. The van der Waals surface area contributed by atoms with Crippen LogP contribution in [0.15, 0.2) is 71.6 Å². The van der Waals surface area contributed by atoms with Crippen molar-refractivity contribution in [3.63, 3.8) is 0 Å². The number of thioether (sulfide) groups is 1. The number of hydrogen-bond donors (Lipinski definition) is 0. The van der Waals surface area contributed by atoms with Crippen molar-refractivity contribution in [1.82, 2.24) is 4.90 Å². The summed E-state index contributed by atoms with van der Waals surface area (Å²) in [7, 11) is 3.21. The first kappa shape index (κ1) is 25.1. The largest absolute Gasteiger partial charge is 0.493 e. The highest BCUT2D eigenvalue weighted by Crippen LogP contribution is 2.33. The number of ether oxygens (including phenoxy) is 3. The molecule has 0 N–H and O–H groups in total. The number of amides is 1. The summed E-state index contributed by atoms with van der Waals surface area (Å²) in [6.45, 7) is 0.949. The fourth-order valence-electron chi connectivity index (χ4n) is 3.53. The summed E-state index contributed by atoms with van der Waals surface area (Å²) in [4.78, 5) is 15.2. The van der Waals surface area contributed by atoms with Gasteiger partial charge in [0, 0.05) is 11.6 Å². The molecule has 1 aliphatic rings. The van der Waals surface area contributed by atoms with Gasteiger partial charge in [-0.25, -0.2) is 0 Å². The predicted octanol–water partition coefficient (Wildman–Crippen LogP) is 6.38. The molecule has 0 aromatic heterocycles. The summed E-state index contributed by atoms with van der Waals surface area (Å²) < 4.78 is 17.0. The van der Waals surface area contributed by atoms with Gasteiger partial charge >= 0.3 is 0 Å². The molecule has 0 atom stereocenters. The summed E-state index contributed by atoms with van der Waals surface area (Å²) in [6, 6.07) is 20.9. The maximum absolute atomic E-state index is 13.0. The summed E-state index contributed by atoms with van der Waals surface area (Å²) in [5.41, 5.74) is 2.98. The van der Waals surface area contributed by atoms with Gasteiger partial charge in [-0.1, -0.05) is 65.9 Å². The molecule has 3 aromatic carbocycles. The molecule has 4 rings (SSSR count). The minimum atomic E-state index is -0.0801. The van der Waals surface area contributed by atoms with Gasteiger partial charge in [0.25, 0.3) is 5.91 Å². The highest BCUT2D eigenvalue weighted by Gasteiger charge is 2.31. The highest BCUT2D eigenvalue weighted by atomic mass is 35.5. The number of halogens is 1. The van der Waals surface area contributed by atoms with E-state index in [0.717, 1.165) is 22.4 Å². The quantitative estimate of drug-likeness (QED) is 0.238. The zero-order chi connectivity index (χ0) is 24.8. The van der Waals surface area contributed by atoms with Crippen molar-refractivity contribution in [2.24, 2.45) is 0 Å². The Morgan fingerprint density at radius 2 is 1.63 bits per heavy atom. The fourth-order valence-corrected chi connectivity index (χ4v) is 4.96. The van der Waals surface area contributed by atoms with Crippen molar-refractivity contribution >= 4 is 51.9 Å². The molecule has 1 saturated heterocycles. The van der Waals surface area contributed by atoms with E-state index in [0.29, 0.717) is 45.3 Å². The van der Waals surface area contributed by atoms with E-state index in [4.69, 9.17) is 38.0 Å². The predicted molar refractivity (Wildman–Crippen MR) is 145 cm³/mol. The second-order valence-corrected chi connectivity index (χ2v) is 9.87. The van der Waals surface area contributed by atoms with Gasteiger partial charge < -0.3 is 14.2 Å². The van der Waals surface area contributed by atoms with Crippen LogP contribution in [-0.2, 0) is 17.8 Å². The lowest BCUT2D eigenvalue weighted by molar-refractivity contribution is -0.122. The van der Waals surface area contributed by atoms with Crippen molar-refractivity contribution in [2.45, 2.75) is 13.0 Å². The van der Waals surface area contributed by atoms with Crippen molar-refractivity contribution in [3.8, 4) is 17.2 Å². The lowest BCUT2D eigenvalue weighted by Crippen LogP contribution is -2.30. The Morgan fingerprint density at radius 3 is 2.31 bits per heavy atom. The molecular weight excluding hydrogens is 502 g/mol. The van der Waals surface area contributed by atoms with Gasteiger partial charge in [-0.15, -0.1) is 0 Å². The van der Waals surface area contributed by atoms with E-state index in [1.165, 1.54) is 11.8 Å². The molecule has 1 amide bonds. The van der Waals surface area contributed by atoms with Gasteiger partial charge in [0.05, 0.1) is 19.1 Å². The first-order chi connectivity index (χ1) is 17.0. The van der Waals surface area contributed by atoms with E-state index in [2.05, 4.69) is 0 Å². The van der Waals surface area contributed by atoms with Crippen LogP contribution in [0.1, 0.15) is 16.7 Å². The molecule has 1 heterocycles. The highest BCUT2D eigenvalue weighted by molar-refractivity contribution is 8.26. The molecule has 3 aromatic rings. The monoisotopic (exact) mass is 525 g/mol. The van der Waals surface area contributed by atoms with Gasteiger partial charge in [-0.2, -0.15) is 0 Å². The van der Waals surface area contributed by atoms with E-state index in [1.54, 1.807) is 19.1 Å². The molecule has 0 saturated carbocycles. The van der Waals surface area contributed by atoms with Crippen molar-refractivity contribution in [3.05, 3.63) is 93.3 Å². The number of carbonyl (C=O) groups is 1. The van der Waals surface area contributed by atoms with Gasteiger partial charge in [-0.05, 0) is 65.6 Å². The molecule has 35 heavy (non-hydrogen) atoms. The van der Waals surface area contributed by atoms with Gasteiger partial charge in [0.1, 0.15) is 16.7 Å². The average Bonchev–Trinajstić information content (AvgIpc) is 3.14. The lowest BCUT2D eigenvalue weighted by Gasteiger charge is -2.15. The van der Waals surface area contributed by atoms with E-state index in [1.807, 2.05) is 72.8 Å². The molecule has 180 valence electrons. The number of hydrogen-bond acceptors (Lipinski definition) is 6. The van der Waals surface area contributed by atoms with Crippen LogP contribution in [0.3, 0.4) is 0 Å². The molecular formula is C27H24ClNO4S2. The summed E-state index contributed by atoms with van der Waals surface area (Å²) in [6.07, 6.45) is 2.51. The molecule has 5 nitrogen and oxygen atoms in total. The number of nitrogens with zero attached hydrogens (tertiary/aromatic N) is 1. The van der Waals surface area contributed by atoms with Crippen LogP contribution in [-0.4, -0.2) is 35.9 Å². The van der Waals surface area contributed by atoms with E-state index < -0.39 is 0 Å². The fraction of sp³-hybridized carbons (Fsp3) is 0.185.